The van der Waals surface area contributed by atoms with Crippen molar-refractivity contribution in [3.05, 3.63) is 36.8 Å². The van der Waals surface area contributed by atoms with Crippen LogP contribution in [0.4, 0.5) is 5.82 Å². The van der Waals surface area contributed by atoms with Gasteiger partial charge in [0.25, 0.3) is 0 Å². The fraction of sp³-hybridized carbons (Fsp3) is 0.400. The second-order valence-corrected chi connectivity index (χ2v) is 6.19. The molecule has 6 heteroatoms. The van der Waals surface area contributed by atoms with Crippen molar-refractivity contribution in [2.75, 3.05) is 18.0 Å². The number of nitrogens with zero attached hydrogens (tertiary/aromatic N) is 4. The first-order chi connectivity index (χ1) is 10.2. The number of morpholine rings is 1. The summed E-state index contributed by atoms with van der Waals surface area (Å²) in [6.07, 6.45) is 5.79. The molecule has 0 aliphatic carbocycles. The minimum Gasteiger partial charge on any atom is -0.372 e. The van der Waals surface area contributed by atoms with Crippen molar-refractivity contribution in [2.45, 2.75) is 36.1 Å². The van der Waals surface area contributed by atoms with Crippen molar-refractivity contribution in [1.82, 2.24) is 15.0 Å². The van der Waals surface area contributed by atoms with Gasteiger partial charge in [0.05, 0.1) is 24.6 Å². The number of rotatable bonds is 3. The Hall–Kier alpha value is -1.66. The molecule has 0 aromatic carbocycles. The second-order valence-electron chi connectivity index (χ2n) is 5.15. The Kier molecular flexibility index (Phi) is 4.36. The summed E-state index contributed by atoms with van der Waals surface area (Å²) in [5.41, 5.74) is 0. The van der Waals surface area contributed by atoms with Crippen molar-refractivity contribution < 1.29 is 4.74 Å². The molecular formula is C15H18N4OS. The summed E-state index contributed by atoms with van der Waals surface area (Å²) < 4.78 is 5.76. The molecule has 1 fully saturated rings. The smallest absolute Gasteiger partial charge is 0.148 e. The maximum absolute atomic E-state index is 5.76. The molecule has 0 N–H and O–H groups in total. The van der Waals surface area contributed by atoms with Crippen LogP contribution in [-0.2, 0) is 4.74 Å². The van der Waals surface area contributed by atoms with Crippen LogP contribution in [-0.4, -0.2) is 40.2 Å². The monoisotopic (exact) mass is 302 g/mol. The fourth-order valence-electron chi connectivity index (χ4n) is 2.42. The van der Waals surface area contributed by atoms with E-state index in [2.05, 4.69) is 28.7 Å². The Morgan fingerprint density at radius 1 is 1.14 bits per heavy atom. The first kappa shape index (κ1) is 14.3. The standard InChI is InChI=1S/C15H18N4OS/c1-11-9-19(10-12(2)20-11)13-7-16-8-15(18-13)21-14-5-3-4-6-17-14/h3-8,11-12H,9-10H2,1-2H3. The number of hydrogen-bond donors (Lipinski definition) is 0. The maximum atomic E-state index is 5.76. The van der Waals surface area contributed by atoms with E-state index in [1.54, 1.807) is 12.4 Å². The van der Waals surface area contributed by atoms with Gasteiger partial charge in [-0.15, -0.1) is 0 Å². The molecule has 3 heterocycles. The quantitative estimate of drug-likeness (QED) is 0.869. The predicted molar refractivity (Wildman–Crippen MR) is 82.6 cm³/mol. The van der Waals surface area contributed by atoms with E-state index >= 15 is 0 Å². The molecule has 2 atom stereocenters. The third-order valence-corrected chi connectivity index (χ3v) is 4.05. The van der Waals surface area contributed by atoms with E-state index in [0.29, 0.717) is 0 Å². The molecule has 0 bridgehead atoms. The van der Waals surface area contributed by atoms with Crippen LogP contribution in [0.25, 0.3) is 0 Å². The minimum absolute atomic E-state index is 0.211. The molecular weight excluding hydrogens is 284 g/mol. The van der Waals surface area contributed by atoms with Crippen molar-refractivity contribution >= 4 is 17.6 Å². The van der Waals surface area contributed by atoms with Gasteiger partial charge in [0.2, 0.25) is 0 Å². The van der Waals surface area contributed by atoms with Crippen molar-refractivity contribution in [3.8, 4) is 0 Å². The first-order valence-corrected chi connectivity index (χ1v) is 7.83. The maximum Gasteiger partial charge on any atom is 0.148 e. The van der Waals surface area contributed by atoms with Gasteiger partial charge >= 0.3 is 0 Å². The van der Waals surface area contributed by atoms with Crippen LogP contribution in [0, 0.1) is 0 Å². The van der Waals surface area contributed by atoms with Crippen molar-refractivity contribution in [1.29, 1.82) is 0 Å². The van der Waals surface area contributed by atoms with Crippen molar-refractivity contribution in [3.63, 3.8) is 0 Å². The lowest BCUT2D eigenvalue weighted by atomic mass is 10.2. The average molecular weight is 302 g/mol. The zero-order valence-electron chi connectivity index (χ0n) is 12.1. The third-order valence-electron chi connectivity index (χ3n) is 3.19. The van der Waals surface area contributed by atoms with Crippen LogP contribution in [0.5, 0.6) is 0 Å². The van der Waals surface area contributed by atoms with Gasteiger partial charge in [-0.2, -0.15) is 0 Å². The zero-order valence-corrected chi connectivity index (χ0v) is 13.0. The van der Waals surface area contributed by atoms with Gasteiger partial charge in [-0.3, -0.25) is 4.98 Å². The number of aromatic nitrogens is 3. The largest absolute Gasteiger partial charge is 0.372 e. The van der Waals surface area contributed by atoms with Crippen LogP contribution in [0.3, 0.4) is 0 Å². The Morgan fingerprint density at radius 2 is 1.95 bits per heavy atom. The second kappa shape index (κ2) is 6.41. The Labute approximate surface area is 128 Å². The lowest BCUT2D eigenvalue weighted by Gasteiger charge is -2.35. The molecule has 0 spiro atoms. The molecule has 21 heavy (non-hydrogen) atoms. The Balaban J connectivity index is 1.77. The highest BCUT2D eigenvalue weighted by molar-refractivity contribution is 7.99. The zero-order chi connectivity index (χ0) is 14.7. The lowest BCUT2D eigenvalue weighted by Crippen LogP contribution is -2.45. The van der Waals surface area contributed by atoms with Crippen LogP contribution in [0.1, 0.15) is 13.8 Å². The van der Waals surface area contributed by atoms with Crippen LogP contribution < -0.4 is 4.90 Å². The van der Waals surface area contributed by atoms with Gasteiger partial charge in [-0.05, 0) is 37.7 Å². The molecule has 2 unspecified atom stereocenters. The average Bonchev–Trinajstić information content (AvgIpc) is 2.47. The van der Waals surface area contributed by atoms with Gasteiger partial charge in [0.1, 0.15) is 15.9 Å². The highest BCUT2D eigenvalue weighted by Gasteiger charge is 2.23. The number of hydrogen-bond acceptors (Lipinski definition) is 6. The lowest BCUT2D eigenvalue weighted by molar-refractivity contribution is -0.00550. The summed E-state index contributed by atoms with van der Waals surface area (Å²) in [5.74, 6) is 0.901. The highest BCUT2D eigenvalue weighted by atomic mass is 32.2. The fourth-order valence-corrected chi connectivity index (χ4v) is 3.15. The molecule has 1 saturated heterocycles. The molecule has 0 radical (unpaired) electrons. The van der Waals surface area contributed by atoms with E-state index in [4.69, 9.17) is 9.72 Å². The van der Waals surface area contributed by atoms with Crippen LogP contribution >= 0.6 is 11.8 Å². The van der Waals surface area contributed by atoms with Gasteiger partial charge in [-0.1, -0.05) is 6.07 Å². The summed E-state index contributed by atoms with van der Waals surface area (Å²) >= 11 is 1.52. The molecule has 5 nitrogen and oxygen atoms in total. The van der Waals surface area contributed by atoms with E-state index in [9.17, 15) is 0 Å². The van der Waals surface area contributed by atoms with Gasteiger partial charge in [-0.25, -0.2) is 9.97 Å². The number of ether oxygens (including phenoxy) is 1. The number of pyridine rings is 1. The summed E-state index contributed by atoms with van der Waals surface area (Å²) in [6.45, 7) is 5.86. The van der Waals surface area contributed by atoms with Gasteiger partial charge in [0, 0.05) is 19.3 Å². The van der Waals surface area contributed by atoms with Crippen LogP contribution in [0.15, 0.2) is 46.8 Å². The summed E-state index contributed by atoms with van der Waals surface area (Å²) in [4.78, 5) is 15.5. The predicted octanol–water partition coefficient (Wildman–Crippen LogP) is 2.64. The summed E-state index contributed by atoms with van der Waals surface area (Å²) in [6, 6.07) is 5.85. The van der Waals surface area contributed by atoms with E-state index in [1.165, 1.54) is 11.8 Å². The van der Waals surface area contributed by atoms with Gasteiger partial charge in [0.15, 0.2) is 0 Å². The Bertz CT molecular complexity index is 585. The normalized spacial score (nSPS) is 22.3. The molecule has 2 aromatic rings. The molecule has 0 saturated carbocycles. The highest BCUT2D eigenvalue weighted by Crippen LogP contribution is 2.25. The third kappa shape index (κ3) is 3.71. The molecule has 0 amide bonds. The molecule has 2 aromatic heterocycles. The molecule has 3 rings (SSSR count). The molecule has 1 aliphatic rings. The first-order valence-electron chi connectivity index (χ1n) is 7.02. The number of anilines is 1. The minimum atomic E-state index is 0.211. The Morgan fingerprint density at radius 3 is 2.67 bits per heavy atom. The summed E-state index contributed by atoms with van der Waals surface area (Å²) in [5, 5.41) is 1.78. The van der Waals surface area contributed by atoms with Crippen molar-refractivity contribution in [2.24, 2.45) is 0 Å². The molecule has 110 valence electrons. The van der Waals surface area contributed by atoms with E-state index in [-0.39, 0.29) is 12.2 Å². The SMILES string of the molecule is CC1CN(c2cncc(Sc3ccccn3)n2)CC(C)O1. The topological polar surface area (TPSA) is 51.1 Å². The summed E-state index contributed by atoms with van der Waals surface area (Å²) in [7, 11) is 0. The van der Waals surface area contributed by atoms with Crippen LogP contribution in [0.2, 0.25) is 0 Å². The van der Waals surface area contributed by atoms with E-state index < -0.39 is 0 Å². The van der Waals surface area contributed by atoms with E-state index in [0.717, 1.165) is 29.0 Å². The van der Waals surface area contributed by atoms with Gasteiger partial charge < -0.3 is 9.64 Å². The molecule has 1 aliphatic heterocycles. The van der Waals surface area contributed by atoms with E-state index in [1.807, 2.05) is 24.4 Å².